The van der Waals surface area contributed by atoms with Gasteiger partial charge in [-0.15, -0.1) is 0 Å². The molecule has 8 aromatic rings. The van der Waals surface area contributed by atoms with Crippen molar-refractivity contribution in [1.29, 1.82) is 0 Å². The van der Waals surface area contributed by atoms with Gasteiger partial charge in [-0.2, -0.15) is 0 Å². The van der Waals surface area contributed by atoms with Crippen LogP contribution in [0.15, 0.2) is 182 Å². The lowest BCUT2D eigenvalue weighted by molar-refractivity contribution is 0.660. The standard InChI is InChI=1S/C57H45N/c1-56(2)50-23-11-7-19-44(50)48-33-31-40(35-54(48)56)58(39-29-27-38(28-30-39)43-18-6-5-17-42(43)37-15-3-4-16-37)41-32-34-49-47-22-10-14-26-53(47)57(55(49)36-41)51-24-12-8-20-45(51)46-21-9-13-25-52(46)57/h5-14,17-37H,3-4,15-16H2,1-2H3/i37D. The molecule has 4 aliphatic rings. The second kappa shape index (κ2) is 12.5. The fraction of sp³-hybridized carbons (Fsp3) is 0.158. The van der Waals surface area contributed by atoms with Crippen molar-refractivity contribution in [3.05, 3.63) is 221 Å². The largest absolute Gasteiger partial charge is 0.310 e. The molecule has 0 saturated heterocycles. The van der Waals surface area contributed by atoms with E-state index in [1.54, 1.807) is 0 Å². The molecule has 0 heterocycles. The number of anilines is 3. The molecule has 1 saturated carbocycles. The molecule has 1 heteroatoms. The molecule has 0 atom stereocenters. The van der Waals surface area contributed by atoms with Crippen LogP contribution in [-0.2, 0) is 10.8 Å². The summed E-state index contributed by atoms with van der Waals surface area (Å²) >= 11 is 0. The summed E-state index contributed by atoms with van der Waals surface area (Å²) in [6.07, 6.45) is 4.09. The molecule has 0 N–H and O–H groups in total. The highest BCUT2D eigenvalue weighted by Crippen LogP contribution is 2.63. The molecule has 0 aliphatic heterocycles. The average Bonchev–Trinajstić information content (AvgIpc) is 4.01. The molecule has 8 aromatic carbocycles. The molecule has 0 radical (unpaired) electrons. The van der Waals surface area contributed by atoms with E-state index in [9.17, 15) is 1.37 Å². The number of hydrogen-bond acceptors (Lipinski definition) is 1. The molecule has 1 fully saturated rings. The molecule has 1 spiro atoms. The van der Waals surface area contributed by atoms with Crippen LogP contribution < -0.4 is 4.90 Å². The van der Waals surface area contributed by atoms with Crippen molar-refractivity contribution in [2.45, 2.75) is 56.3 Å². The Morgan fingerprint density at radius 1 is 0.414 bits per heavy atom. The fourth-order valence-electron chi connectivity index (χ4n) is 11.4. The highest BCUT2D eigenvalue weighted by Gasteiger charge is 2.51. The Bertz CT molecular complexity index is 2940. The Hall–Kier alpha value is -6.44. The number of benzene rings is 8. The summed E-state index contributed by atoms with van der Waals surface area (Å²) in [6.45, 7) is 4.74. The van der Waals surface area contributed by atoms with Crippen LogP contribution in [0.1, 0.15) is 85.7 Å². The summed E-state index contributed by atoms with van der Waals surface area (Å²) in [5.41, 5.74) is 22.3. The minimum Gasteiger partial charge on any atom is -0.310 e. The van der Waals surface area contributed by atoms with E-state index in [0.29, 0.717) is 0 Å². The normalized spacial score (nSPS) is 16.8. The van der Waals surface area contributed by atoms with Gasteiger partial charge < -0.3 is 4.90 Å². The third-order valence-electron chi connectivity index (χ3n) is 14.0. The van der Waals surface area contributed by atoms with Crippen molar-refractivity contribution in [2.75, 3.05) is 4.90 Å². The van der Waals surface area contributed by atoms with Gasteiger partial charge in [-0.1, -0.05) is 172 Å². The van der Waals surface area contributed by atoms with E-state index in [-0.39, 0.29) is 5.41 Å². The topological polar surface area (TPSA) is 3.24 Å². The molecule has 4 aliphatic carbocycles. The zero-order chi connectivity index (χ0) is 39.5. The molecular formula is C57H45N. The van der Waals surface area contributed by atoms with Crippen LogP contribution >= 0.6 is 0 Å². The van der Waals surface area contributed by atoms with Crippen molar-refractivity contribution < 1.29 is 1.37 Å². The zero-order valence-corrected chi connectivity index (χ0v) is 33.1. The fourth-order valence-corrected chi connectivity index (χ4v) is 11.4. The number of fused-ring (bicyclic) bond motifs is 13. The van der Waals surface area contributed by atoms with E-state index in [2.05, 4.69) is 201 Å². The number of rotatable bonds is 5. The molecular weight excluding hydrogens is 699 g/mol. The predicted molar refractivity (Wildman–Crippen MR) is 242 cm³/mol. The van der Waals surface area contributed by atoms with Crippen molar-refractivity contribution in [3.8, 4) is 44.5 Å². The smallest absolute Gasteiger partial charge is 0.0726 e. The van der Waals surface area contributed by atoms with E-state index in [1.165, 1.54) is 72.3 Å². The molecule has 12 rings (SSSR count). The molecule has 0 unspecified atom stereocenters. The van der Waals surface area contributed by atoms with E-state index >= 15 is 0 Å². The summed E-state index contributed by atoms with van der Waals surface area (Å²) < 4.78 is 9.45. The van der Waals surface area contributed by atoms with Gasteiger partial charge >= 0.3 is 0 Å². The minimum atomic E-state index is -0.522. The molecule has 1 nitrogen and oxygen atoms in total. The van der Waals surface area contributed by atoms with Gasteiger partial charge in [0.2, 0.25) is 0 Å². The Labute approximate surface area is 343 Å². The van der Waals surface area contributed by atoms with Gasteiger partial charge in [0.1, 0.15) is 0 Å². The second-order valence-corrected chi connectivity index (χ2v) is 17.3. The van der Waals surface area contributed by atoms with Crippen LogP contribution in [0.4, 0.5) is 17.1 Å². The molecule has 278 valence electrons. The van der Waals surface area contributed by atoms with Gasteiger partial charge in [0.25, 0.3) is 0 Å². The van der Waals surface area contributed by atoms with Crippen LogP contribution in [0.25, 0.3) is 44.5 Å². The van der Waals surface area contributed by atoms with Crippen LogP contribution in [0.2, 0.25) is 0 Å². The summed E-state index contributed by atoms with van der Waals surface area (Å²) in [6, 6.07) is 68.2. The van der Waals surface area contributed by atoms with Crippen molar-refractivity contribution in [3.63, 3.8) is 0 Å². The van der Waals surface area contributed by atoms with E-state index in [0.717, 1.165) is 53.9 Å². The average molecular weight is 745 g/mol. The number of nitrogens with zero attached hydrogens (tertiary/aromatic N) is 1. The van der Waals surface area contributed by atoms with Crippen molar-refractivity contribution in [2.24, 2.45) is 0 Å². The van der Waals surface area contributed by atoms with Crippen LogP contribution in [0.3, 0.4) is 0 Å². The minimum absolute atomic E-state index is 0.130. The maximum absolute atomic E-state index is 9.45. The SMILES string of the molecule is [2H]C1(c2ccccc2-c2ccc(N(c3ccc4c(c3)C(C)(C)c3ccccc3-4)c3ccc4c(c3)C3(c5ccccc5-c5ccccc53)c3ccccc3-4)cc2)CCCC1. The monoisotopic (exact) mass is 744 g/mol. The second-order valence-electron chi connectivity index (χ2n) is 17.3. The third-order valence-corrected chi connectivity index (χ3v) is 14.0. The summed E-state index contributed by atoms with van der Waals surface area (Å²) in [5.74, 6) is -0.522. The van der Waals surface area contributed by atoms with E-state index in [4.69, 9.17) is 0 Å². The highest BCUT2D eigenvalue weighted by atomic mass is 15.1. The molecule has 0 aromatic heterocycles. The maximum atomic E-state index is 9.45. The van der Waals surface area contributed by atoms with E-state index < -0.39 is 11.3 Å². The molecule has 0 bridgehead atoms. The third kappa shape index (κ3) is 4.59. The van der Waals surface area contributed by atoms with Crippen LogP contribution in [0, 0.1) is 0 Å². The first-order valence-corrected chi connectivity index (χ1v) is 21.1. The quantitative estimate of drug-likeness (QED) is 0.170. The summed E-state index contributed by atoms with van der Waals surface area (Å²) in [4.78, 5) is 2.47. The highest BCUT2D eigenvalue weighted by molar-refractivity contribution is 5.96. The lowest BCUT2D eigenvalue weighted by atomic mass is 9.70. The van der Waals surface area contributed by atoms with Crippen LogP contribution in [-0.4, -0.2) is 0 Å². The van der Waals surface area contributed by atoms with Gasteiger partial charge in [-0.25, -0.2) is 0 Å². The Kier molecular flexibility index (Phi) is 7.05. The lowest BCUT2D eigenvalue weighted by Gasteiger charge is -2.32. The first-order chi connectivity index (χ1) is 28.9. The van der Waals surface area contributed by atoms with Gasteiger partial charge in [0.05, 0.1) is 5.41 Å². The van der Waals surface area contributed by atoms with Gasteiger partial charge in [0, 0.05) is 23.8 Å². The Balaban J connectivity index is 1.07. The van der Waals surface area contributed by atoms with Crippen LogP contribution in [0.5, 0.6) is 0 Å². The van der Waals surface area contributed by atoms with Crippen molar-refractivity contribution in [1.82, 2.24) is 0 Å². The summed E-state index contributed by atoms with van der Waals surface area (Å²) in [7, 11) is 0. The number of hydrogen-bond donors (Lipinski definition) is 0. The molecule has 0 amide bonds. The van der Waals surface area contributed by atoms with Gasteiger partial charge in [-0.3, -0.25) is 0 Å². The first-order valence-electron chi connectivity index (χ1n) is 21.6. The summed E-state index contributed by atoms with van der Waals surface area (Å²) in [5, 5.41) is 0. The zero-order valence-electron chi connectivity index (χ0n) is 34.1. The Morgan fingerprint density at radius 3 is 1.40 bits per heavy atom. The maximum Gasteiger partial charge on any atom is 0.0726 e. The van der Waals surface area contributed by atoms with E-state index in [1.807, 2.05) is 0 Å². The van der Waals surface area contributed by atoms with Gasteiger partial charge in [-0.05, 0) is 139 Å². The van der Waals surface area contributed by atoms with Gasteiger partial charge in [0.15, 0.2) is 0 Å². The van der Waals surface area contributed by atoms with Crippen molar-refractivity contribution >= 4 is 17.1 Å². The Morgan fingerprint density at radius 2 is 0.828 bits per heavy atom. The predicted octanol–water partition coefficient (Wildman–Crippen LogP) is 15.1. The lowest BCUT2D eigenvalue weighted by Crippen LogP contribution is -2.26. The first kappa shape index (κ1) is 32.6. The molecule has 58 heavy (non-hydrogen) atoms.